The van der Waals surface area contributed by atoms with Crippen molar-refractivity contribution in [1.29, 1.82) is 0 Å². The van der Waals surface area contributed by atoms with Gasteiger partial charge in [-0.2, -0.15) is 0 Å². The fourth-order valence-corrected chi connectivity index (χ4v) is 4.45. The molecule has 0 atom stereocenters. The van der Waals surface area contributed by atoms with Gasteiger partial charge >= 0.3 is 0 Å². The van der Waals surface area contributed by atoms with Crippen molar-refractivity contribution < 1.29 is 22.4 Å². The lowest BCUT2D eigenvalue weighted by molar-refractivity contribution is -0.903. The number of unbranched alkanes of at least 4 members (excludes halogenated alkanes) is 9. The molecule has 0 bridgehead atoms. The first-order chi connectivity index (χ1) is 16.5. The van der Waals surface area contributed by atoms with Crippen molar-refractivity contribution >= 4 is 15.8 Å². The second kappa shape index (κ2) is 16.4. The third kappa shape index (κ3) is 14.7. The van der Waals surface area contributed by atoms with Gasteiger partial charge in [-0.05, 0) is 18.9 Å². The number of rotatable bonds is 15. The lowest BCUT2D eigenvalue weighted by Gasteiger charge is -2.30. The molecule has 0 spiro atoms. The first-order valence-corrected chi connectivity index (χ1v) is 14.0. The molecule has 0 aliphatic rings. The average molecular weight is 507 g/mol. The molecule has 0 N–H and O–H groups in total. The van der Waals surface area contributed by atoms with Crippen LogP contribution in [-0.2, 0) is 16.7 Å². The van der Waals surface area contributed by atoms with Gasteiger partial charge in [-0.1, -0.05) is 94.7 Å². The van der Waals surface area contributed by atoms with Crippen LogP contribution in [0.2, 0.25) is 0 Å². The number of benzene rings is 2. The highest BCUT2D eigenvalue weighted by Crippen LogP contribution is 2.16. The topological polar surface area (TPSA) is 100 Å². The van der Waals surface area contributed by atoms with E-state index >= 15 is 0 Å². The van der Waals surface area contributed by atoms with Crippen LogP contribution in [0.15, 0.2) is 59.5 Å². The summed E-state index contributed by atoms with van der Waals surface area (Å²) in [7, 11) is 0.110. The predicted octanol–water partition coefficient (Wildman–Crippen LogP) is 6.68. The van der Waals surface area contributed by atoms with Crippen molar-refractivity contribution in [1.82, 2.24) is 0 Å². The molecule has 0 unspecified atom stereocenters. The van der Waals surface area contributed by atoms with Crippen molar-refractivity contribution in [2.75, 3.05) is 20.6 Å². The number of nitro groups is 1. The Morgan fingerprint density at radius 1 is 0.800 bits per heavy atom. The molecule has 196 valence electrons. The summed E-state index contributed by atoms with van der Waals surface area (Å²) in [5, 5.41) is 10.2. The zero-order chi connectivity index (χ0) is 26.2. The molecule has 8 heteroatoms. The van der Waals surface area contributed by atoms with Crippen molar-refractivity contribution in [2.45, 2.75) is 82.6 Å². The van der Waals surface area contributed by atoms with Crippen LogP contribution < -0.4 is 0 Å². The highest BCUT2D eigenvalue weighted by atomic mass is 32.2. The molecule has 0 heterocycles. The van der Waals surface area contributed by atoms with Gasteiger partial charge < -0.3 is 9.04 Å². The van der Waals surface area contributed by atoms with Gasteiger partial charge in [-0.3, -0.25) is 10.1 Å². The number of nitro benzene ring substituents is 1. The molecule has 0 radical (unpaired) electrons. The third-order valence-electron chi connectivity index (χ3n) is 5.89. The standard InChI is InChI=1S/C21H38N.C6H5NO5S/c1-4-5-6-7-8-9-10-11-12-16-19-22(2,3)20-21-17-14-13-15-18-21;8-7(9)5-2-1-3-6(4-5)13(10,11)12/h13-15,17-18H,4-12,16,19-20H2,1-3H3;1-4H,(H,10,11,12)/q+1;/p-1. The number of quaternary nitrogens is 1. The maximum absolute atomic E-state index is 10.4. The smallest absolute Gasteiger partial charge is 0.270 e. The number of non-ortho nitro benzene ring substituents is 1. The Labute approximate surface area is 211 Å². The molecule has 0 saturated heterocycles. The summed E-state index contributed by atoms with van der Waals surface area (Å²) in [6, 6.07) is 14.9. The molecule has 0 aromatic heterocycles. The monoisotopic (exact) mass is 506 g/mol. The van der Waals surface area contributed by atoms with Crippen molar-refractivity contribution in [3.05, 3.63) is 70.3 Å². The predicted molar refractivity (Wildman–Crippen MR) is 140 cm³/mol. The highest BCUT2D eigenvalue weighted by Gasteiger charge is 2.14. The second-order valence-corrected chi connectivity index (χ2v) is 11.1. The van der Waals surface area contributed by atoms with Crippen molar-refractivity contribution in [3.63, 3.8) is 0 Å². The van der Waals surface area contributed by atoms with Crippen LogP contribution in [0.4, 0.5) is 5.69 Å². The van der Waals surface area contributed by atoms with E-state index in [1.807, 2.05) is 0 Å². The molecule has 2 aromatic rings. The number of hydrogen-bond donors (Lipinski definition) is 0. The molecule has 0 amide bonds. The van der Waals surface area contributed by atoms with Gasteiger partial charge in [0.25, 0.3) is 5.69 Å². The maximum atomic E-state index is 10.4. The fraction of sp³-hybridized carbons (Fsp3) is 0.556. The molecular formula is C27H42N2O5S. The minimum Gasteiger partial charge on any atom is -0.744 e. The molecule has 2 rings (SSSR count). The van der Waals surface area contributed by atoms with E-state index in [0.717, 1.165) is 35.3 Å². The highest BCUT2D eigenvalue weighted by molar-refractivity contribution is 7.85. The molecule has 0 aliphatic carbocycles. The van der Waals surface area contributed by atoms with Gasteiger partial charge in [0.1, 0.15) is 16.7 Å². The Kier molecular flexibility index (Phi) is 14.4. The summed E-state index contributed by atoms with van der Waals surface area (Å²) in [4.78, 5) is 8.82. The SMILES string of the molecule is CCCCCCCCCCCC[N+](C)(C)Cc1ccccc1.O=[N+]([O-])c1cccc(S(=O)(=O)[O-])c1. The van der Waals surface area contributed by atoms with E-state index in [4.69, 9.17) is 0 Å². The van der Waals surface area contributed by atoms with Gasteiger partial charge in [0.05, 0.1) is 30.5 Å². The Morgan fingerprint density at radius 3 is 1.86 bits per heavy atom. The summed E-state index contributed by atoms with van der Waals surface area (Å²) in [5.74, 6) is 0. The van der Waals surface area contributed by atoms with Gasteiger partial charge in [0, 0.05) is 17.7 Å². The molecule has 0 aliphatic heterocycles. The zero-order valence-electron chi connectivity index (χ0n) is 21.5. The van der Waals surface area contributed by atoms with E-state index in [1.54, 1.807) is 0 Å². The van der Waals surface area contributed by atoms with Crippen molar-refractivity contribution in [3.8, 4) is 0 Å². The third-order valence-corrected chi connectivity index (χ3v) is 6.72. The molecule has 35 heavy (non-hydrogen) atoms. The summed E-state index contributed by atoms with van der Waals surface area (Å²) >= 11 is 0. The van der Waals surface area contributed by atoms with E-state index in [-0.39, 0.29) is 0 Å². The van der Waals surface area contributed by atoms with E-state index in [0.29, 0.717) is 0 Å². The minimum atomic E-state index is -4.61. The van der Waals surface area contributed by atoms with Crippen LogP contribution in [0, 0.1) is 10.1 Å². The maximum Gasteiger partial charge on any atom is 0.270 e. The largest absolute Gasteiger partial charge is 0.744 e. The van der Waals surface area contributed by atoms with Crippen LogP contribution in [0.5, 0.6) is 0 Å². The second-order valence-electron chi connectivity index (χ2n) is 9.69. The lowest BCUT2D eigenvalue weighted by atomic mass is 10.1. The van der Waals surface area contributed by atoms with Crippen LogP contribution in [0.1, 0.15) is 76.7 Å². The van der Waals surface area contributed by atoms with Gasteiger partial charge in [0.15, 0.2) is 0 Å². The van der Waals surface area contributed by atoms with Crippen LogP contribution >= 0.6 is 0 Å². The quantitative estimate of drug-likeness (QED) is 0.0881. The van der Waals surface area contributed by atoms with E-state index in [1.165, 1.54) is 76.3 Å². The summed E-state index contributed by atoms with van der Waals surface area (Å²) in [5.41, 5.74) is 1.04. The van der Waals surface area contributed by atoms with E-state index in [2.05, 4.69) is 51.4 Å². The Morgan fingerprint density at radius 2 is 1.34 bits per heavy atom. The molecule has 2 aromatic carbocycles. The first-order valence-electron chi connectivity index (χ1n) is 12.6. The van der Waals surface area contributed by atoms with Crippen LogP contribution in [0.25, 0.3) is 0 Å². The van der Waals surface area contributed by atoms with Crippen LogP contribution in [-0.4, -0.2) is 43.0 Å². The molecule has 7 nitrogen and oxygen atoms in total. The van der Waals surface area contributed by atoms with E-state index in [9.17, 15) is 23.1 Å². The summed E-state index contributed by atoms with van der Waals surface area (Å²) in [6.45, 7) is 4.74. The number of nitrogens with zero attached hydrogens (tertiary/aromatic N) is 2. The Balaban J connectivity index is 0.000000400. The lowest BCUT2D eigenvalue weighted by Crippen LogP contribution is -2.39. The van der Waals surface area contributed by atoms with Crippen LogP contribution in [0.3, 0.4) is 0 Å². The van der Waals surface area contributed by atoms with E-state index < -0.39 is 25.6 Å². The minimum absolute atomic E-state index is 0.420. The fourth-order valence-electron chi connectivity index (χ4n) is 3.94. The first kappa shape index (κ1) is 30.7. The van der Waals surface area contributed by atoms with Gasteiger partial charge in [0.2, 0.25) is 0 Å². The summed E-state index contributed by atoms with van der Waals surface area (Å²) in [6.07, 6.45) is 14.2. The van der Waals surface area contributed by atoms with Gasteiger partial charge in [-0.15, -0.1) is 0 Å². The Hall–Kier alpha value is -2.29. The molecule has 0 saturated carbocycles. The normalized spacial score (nSPS) is 11.5. The summed E-state index contributed by atoms with van der Waals surface area (Å²) < 4.78 is 32.4. The van der Waals surface area contributed by atoms with Gasteiger partial charge in [-0.25, -0.2) is 8.42 Å². The Bertz CT molecular complexity index is 963. The number of hydrogen-bond acceptors (Lipinski definition) is 5. The zero-order valence-corrected chi connectivity index (χ0v) is 22.3. The average Bonchev–Trinajstić information content (AvgIpc) is 2.80. The molecule has 0 fully saturated rings. The molecular weight excluding hydrogens is 464 g/mol. The van der Waals surface area contributed by atoms with Crippen molar-refractivity contribution in [2.24, 2.45) is 0 Å².